The maximum absolute atomic E-state index is 9.08. The van der Waals surface area contributed by atoms with E-state index in [4.69, 9.17) is 9.84 Å². The highest BCUT2D eigenvalue weighted by Gasteiger charge is 2.11. The lowest BCUT2D eigenvalue weighted by Crippen LogP contribution is -2.07. The molecule has 0 radical (unpaired) electrons. The maximum Gasteiger partial charge on any atom is 0.0721 e. The number of ether oxygens (including phenoxy) is 1. The zero-order valence-corrected chi connectivity index (χ0v) is 14.5. The second-order valence-corrected chi connectivity index (χ2v) is 6.01. The summed E-state index contributed by atoms with van der Waals surface area (Å²) in [6.07, 6.45) is 0.231. The Morgan fingerprint density at radius 1 is 1.30 bits per heavy atom. The molecule has 0 saturated carbocycles. The van der Waals surface area contributed by atoms with Crippen LogP contribution in [0.15, 0.2) is 24.3 Å². The van der Waals surface area contributed by atoms with E-state index in [0.29, 0.717) is 13.2 Å². The molecule has 126 valence electrons. The Balaban J connectivity index is 2.02. The van der Waals surface area contributed by atoms with Gasteiger partial charge in [0.15, 0.2) is 0 Å². The molecule has 0 atom stereocenters. The van der Waals surface area contributed by atoms with E-state index in [-0.39, 0.29) is 12.7 Å². The number of anilines is 1. The van der Waals surface area contributed by atoms with Gasteiger partial charge >= 0.3 is 0 Å². The third-order valence-corrected chi connectivity index (χ3v) is 3.82. The maximum atomic E-state index is 9.08. The van der Waals surface area contributed by atoms with Gasteiger partial charge in [-0.1, -0.05) is 12.1 Å². The molecule has 1 aromatic heterocycles. The first kappa shape index (κ1) is 17.5. The predicted molar refractivity (Wildman–Crippen MR) is 92.5 cm³/mol. The van der Waals surface area contributed by atoms with E-state index in [1.54, 1.807) is 0 Å². The van der Waals surface area contributed by atoms with Crippen molar-refractivity contribution in [1.29, 1.82) is 0 Å². The van der Waals surface area contributed by atoms with Gasteiger partial charge in [-0.25, -0.2) is 0 Å². The van der Waals surface area contributed by atoms with Gasteiger partial charge in [-0.3, -0.25) is 4.68 Å². The van der Waals surface area contributed by atoms with Gasteiger partial charge < -0.3 is 15.2 Å². The molecule has 0 amide bonds. The molecule has 5 nitrogen and oxygen atoms in total. The molecular formula is C18H27N3O2. The summed E-state index contributed by atoms with van der Waals surface area (Å²) >= 11 is 0. The van der Waals surface area contributed by atoms with Crippen molar-refractivity contribution in [3.8, 4) is 0 Å². The van der Waals surface area contributed by atoms with Crippen LogP contribution in [0.3, 0.4) is 0 Å². The van der Waals surface area contributed by atoms with Crippen LogP contribution in [0, 0.1) is 13.8 Å². The minimum atomic E-state index is 0.104. The molecule has 0 bridgehead atoms. The number of aromatic nitrogens is 2. The van der Waals surface area contributed by atoms with Gasteiger partial charge in [0.1, 0.15) is 0 Å². The molecule has 0 aliphatic rings. The van der Waals surface area contributed by atoms with Gasteiger partial charge in [0.25, 0.3) is 0 Å². The first-order chi connectivity index (χ1) is 11.0. The van der Waals surface area contributed by atoms with Gasteiger partial charge in [0, 0.05) is 23.5 Å². The second-order valence-electron chi connectivity index (χ2n) is 6.01. The highest BCUT2D eigenvalue weighted by Crippen LogP contribution is 2.17. The van der Waals surface area contributed by atoms with Gasteiger partial charge in [-0.2, -0.15) is 5.10 Å². The van der Waals surface area contributed by atoms with E-state index in [1.807, 2.05) is 38.4 Å². The van der Waals surface area contributed by atoms with Crippen LogP contribution in [0.5, 0.6) is 0 Å². The number of rotatable bonds is 8. The fraction of sp³-hybridized carbons (Fsp3) is 0.500. The van der Waals surface area contributed by atoms with Crippen LogP contribution in [0.1, 0.15) is 36.4 Å². The Bertz CT molecular complexity index is 635. The third-order valence-electron chi connectivity index (χ3n) is 3.82. The van der Waals surface area contributed by atoms with Crippen molar-refractivity contribution in [2.75, 3.05) is 11.9 Å². The molecule has 1 aromatic carbocycles. The molecule has 1 heterocycles. The summed E-state index contributed by atoms with van der Waals surface area (Å²) in [6, 6.07) is 8.28. The zero-order chi connectivity index (χ0) is 16.8. The standard InChI is InChI=1S/C18H27N3O2/c1-13(2)23-12-16-6-5-7-17(10-16)19-11-18-14(3)20-21(8-9-22)15(18)4/h5-7,10,13,19,22H,8-9,11-12H2,1-4H3. The largest absolute Gasteiger partial charge is 0.394 e. The number of aliphatic hydroxyl groups is 1. The molecule has 0 saturated heterocycles. The van der Waals surface area contributed by atoms with Crippen molar-refractivity contribution in [3.63, 3.8) is 0 Å². The summed E-state index contributed by atoms with van der Waals surface area (Å²) in [5.41, 5.74) is 5.52. The summed E-state index contributed by atoms with van der Waals surface area (Å²) in [5, 5.41) is 17.0. The molecule has 0 aliphatic carbocycles. The Kier molecular flexibility index (Phi) is 6.19. The molecule has 2 N–H and O–H groups in total. The van der Waals surface area contributed by atoms with E-state index in [9.17, 15) is 0 Å². The fourth-order valence-electron chi connectivity index (χ4n) is 2.53. The van der Waals surface area contributed by atoms with Crippen LogP contribution in [0.2, 0.25) is 0 Å². The molecule has 0 fully saturated rings. The third kappa shape index (κ3) is 4.81. The first-order valence-electron chi connectivity index (χ1n) is 8.09. The van der Waals surface area contributed by atoms with Gasteiger partial charge in [-0.05, 0) is 45.4 Å². The highest BCUT2D eigenvalue weighted by molar-refractivity contribution is 5.46. The van der Waals surface area contributed by atoms with Crippen molar-refractivity contribution in [1.82, 2.24) is 9.78 Å². The number of aryl methyl sites for hydroxylation is 1. The average Bonchev–Trinajstić information content (AvgIpc) is 2.78. The minimum absolute atomic E-state index is 0.104. The molecule has 2 aromatic rings. The van der Waals surface area contributed by atoms with Gasteiger partial charge in [0.05, 0.1) is 31.6 Å². The first-order valence-corrected chi connectivity index (χ1v) is 8.09. The Morgan fingerprint density at radius 2 is 2.09 bits per heavy atom. The van der Waals surface area contributed by atoms with Gasteiger partial charge in [-0.15, -0.1) is 0 Å². The van der Waals surface area contributed by atoms with Crippen LogP contribution in [0.4, 0.5) is 5.69 Å². The van der Waals surface area contributed by atoms with Crippen LogP contribution in [-0.2, 0) is 24.4 Å². The lowest BCUT2D eigenvalue weighted by Gasteiger charge is -2.11. The molecule has 2 rings (SSSR count). The molecular weight excluding hydrogens is 290 g/mol. The summed E-state index contributed by atoms with van der Waals surface area (Å²) in [4.78, 5) is 0. The summed E-state index contributed by atoms with van der Waals surface area (Å²) < 4.78 is 7.51. The SMILES string of the molecule is Cc1nn(CCO)c(C)c1CNc1cccc(COC(C)C)c1. The lowest BCUT2D eigenvalue weighted by molar-refractivity contribution is 0.0657. The zero-order valence-electron chi connectivity index (χ0n) is 14.5. The van der Waals surface area contributed by atoms with Crippen molar-refractivity contribution < 1.29 is 9.84 Å². The van der Waals surface area contributed by atoms with E-state index in [1.165, 1.54) is 5.56 Å². The summed E-state index contributed by atoms with van der Waals surface area (Å²) in [6.45, 7) is 10.1. The Hall–Kier alpha value is -1.85. The Labute approximate surface area is 138 Å². The Morgan fingerprint density at radius 3 is 2.78 bits per heavy atom. The van der Waals surface area contributed by atoms with Crippen LogP contribution in [-0.4, -0.2) is 27.6 Å². The van der Waals surface area contributed by atoms with Crippen molar-refractivity contribution in [2.24, 2.45) is 0 Å². The predicted octanol–water partition coefficient (Wildman–Crippen LogP) is 3.03. The molecule has 23 heavy (non-hydrogen) atoms. The number of hydrogen-bond donors (Lipinski definition) is 2. The van der Waals surface area contributed by atoms with Crippen LogP contribution >= 0.6 is 0 Å². The average molecular weight is 317 g/mol. The van der Waals surface area contributed by atoms with Crippen molar-refractivity contribution in [2.45, 2.75) is 53.5 Å². The summed E-state index contributed by atoms with van der Waals surface area (Å²) in [5.74, 6) is 0. The summed E-state index contributed by atoms with van der Waals surface area (Å²) in [7, 11) is 0. The smallest absolute Gasteiger partial charge is 0.0721 e. The number of aliphatic hydroxyl groups excluding tert-OH is 1. The quantitative estimate of drug-likeness (QED) is 0.786. The molecule has 5 heteroatoms. The van der Waals surface area contributed by atoms with Crippen LogP contribution < -0.4 is 5.32 Å². The number of nitrogens with zero attached hydrogens (tertiary/aromatic N) is 2. The molecule has 0 aliphatic heterocycles. The fourth-order valence-corrected chi connectivity index (χ4v) is 2.53. The number of nitrogens with one attached hydrogen (secondary N) is 1. The normalized spacial score (nSPS) is 11.2. The molecule has 0 unspecified atom stereocenters. The number of benzene rings is 1. The number of hydrogen-bond acceptors (Lipinski definition) is 4. The van der Waals surface area contributed by atoms with E-state index >= 15 is 0 Å². The highest BCUT2D eigenvalue weighted by atomic mass is 16.5. The lowest BCUT2D eigenvalue weighted by atomic mass is 10.1. The second kappa shape index (κ2) is 8.13. The monoisotopic (exact) mass is 317 g/mol. The van der Waals surface area contributed by atoms with Crippen LogP contribution in [0.25, 0.3) is 0 Å². The topological polar surface area (TPSA) is 59.3 Å². The van der Waals surface area contributed by atoms with E-state index in [2.05, 4.69) is 28.6 Å². The van der Waals surface area contributed by atoms with Gasteiger partial charge in [0.2, 0.25) is 0 Å². The molecule has 0 spiro atoms. The van der Waals surface area contributed by atoms with E-state index in [0.717, 1.165) is 29.2 Å². The minimum Gasteiger partial charge on any atom is -0.394 e. The van der Waals surface area contributed by atoms with Crippen molar-refractivity contribution >= 4 is 5.69 Å². The van der Waals surface area contributed by atoms with Crippen molar-refractivity contribution in [3.05, 3.63) is 46.8 Å². The van der Waals surface area contributed by atoms with E-state index < -0.39 is 0 Å².